The molecule has 3 nitrogen and oxygen atoms in total. The molecule has 1 heterocycles. The minimum atomic E-state index is 0.0748. The third kappa shape index (κ3) is 2.57. The second kappa shape index (κ2) is 5.41. The van der Waals surface area contributed by atoms with Crippen molar-refractivity contribution < 1.29 is 9.47 Å². The highest BCUT2D eigenvalue weighted by Crippen LogP contribution is 2.40. The Kier molecular flexibility index (Phi) is 3.65. The van der Waals surface area contributed by atoms with Crippen molar-refractivity contribution in [3.63, 3.8) is 0 Å². The maximum absolute atomic E-state index is 6.33. The van der Waals surface area contributed by atoms with Crippen LogP contribution in [0.2, 0.25) is 0 Å². The summed E-state index contributed by atoms with van der Waals surface area (Å²) in [5.41, 5.74) is 7.42. The van der Waals surface area contributed by atoms with E-state index >= 15 is 0 Å². The molecular formula is C16H23NO2. The molecule has 0 bridgehead atoms. The van der Waals surface area contributed by atoms with E-state index in [-0.39, 0.29) is 6.04 Å². The smallest absolute Gasteiger partial charge is 0.124 e. The number of rotatable bonds is 2. The molecule has 1 aromatic rings. The maximum atomic E-state index is 6.33. The van der Waals surface area contributed by atoms with Gasteiger partial charge in [-0.2, -0.15) is 0 Å². The average Bonchev–Trinajstić information content (AvgIpc) is 2.48. The van der Waals surface area contributed by atoms with E-state index in [0.29, 0.717) is 12.0 Å². The third-order valence-electron chi connectivity index (χ3n) is 4.56. The number of hydrogen-bond donors (Lipinski definition) is 1. The van der Waals surface area contributed by atoms with Gasteiger partial charge in [-0.1, -0.05) is 19.3 Å². The van der Waals surface area contributed by atoms with Gasteiger partial charge in [0.05, 0.1) is 7.11 Å². The first-order valence-corrected chi connectivity index (χ1v) is 7.38. The van der Waals surface area contributed by atoms with Crippen molar-refractivity contribution in [1.29, 1.82) is 0 Å². The Bertz CT molecular complexity index is 440. The van der Waals surface area contributed by atoms with Gasteiger partial charge in [0.1, 0.15) is 17.6 Å². The van der Waals surface area contributed by atoms with E-state index in [9.17, 15) is 0 Å². The van der Waals surface area contributed by atoms with Crippen LogP contribution in [0, 0.1) is 5.92 Å². The predicted octanol–water partition coefficient (Wildman–Crippen LogP) is 3.43. The van der Waals surface area contributed by atoms with Crippen LogP contribution < -0.4 is 15.2 Å². The van der Waals surface area contributed by atoms with Gasteiger partial charge in [0, 0.05) is 18.0 Å². The third-order valence-corrected chi connectivity index (χ3v) is 4.56. The van der Waals surface area contributed by atoms with Gasteiger partial charge in [0.15, 0.2) is 0 Å². The van der Waals surface area contributed by atoms with Gasteiger partial charge >= 0.3 is 0 Å². The first-order chi connectivity index (χ1) is 9.28. The van der Waals surface area contributed by atoms with Crippen LogP contribution in [0.15, 0.2) is 18.2 Å². The fourth-order valence-corrected chi connectivity index (χ4v) is 3.43. The van der Waals surface area contributed by atoms with Gasteiger partial charge in [-0.05, 0) is 37.0 Å². The summed E-state index contributed by atoms with van der Waals surface area (Å²) in [6.45, 7) is 0. The molecule has 1 fully saturated rings. The highest BCUT2D eigenvalue weighted by molar-refractivity contribution is 5.43. The zero-order chi connectivity index (χ0) is 13.2. The Morgan fingerprint density at radius 3 is 2.74 bits per heavy atom. The molecular weight excluding hydrogens is 238 g/mol. The zero-order valence-corrected chi connectivity index (χ0v) is 11.6. The molecule has 0 amide bonds. The van der Waals surface area contributed by atoms with Crippen molar-refractivity contribution in [3.8, 4) is 11.5 Å². The van der Waals surface area contributed by atoms with Crippen molar-refractivity contribution in [2.24, 2.45) is 11.7 Å². The van der Waals surface area contributed by atoms with E-state index in [4.69, 9.17) is 15.2 Å². The lowest BCUT2D eigenvalue weighted by Crippen LogP contribution is -2.36. The van der Waals surface area contributed by atoms with Crippen molar-refractivity contribution in [2.45, 2.75) is 50.7 Å². The Hall–Kier alpha value is -1.22. The fraction of sp³-hybridized carbons (Fsp3) is 0.625. The van der Waals surface area contributed by atoms with Gasteiger partial charge < -0.3 is 15.2 Å². The van der Waals surface area contributed by atoms with Gasteiger partial charge in [-0.25, -0.2) is 0 Å². The maximum Gasteiger partial charge on any atom is 0.124 e. The first kappa shape index (κ1) is 12.8. The monoisotopic (exact) mass is 261 g/mol. The number of fused-ring (bicyclic) bond motifs is 1. The minimum Gasteiger partial charge on any atom is -0.497 e. The van der Waals surface area contributed by atoms with Crippen LogP contribution >= 0.6 is 0 Å². The lowest BCUT2D eigenvalue weighted by molar-refractivity contribution is 0.0783. The van der Waals surface area contributed by atoms with E-state index in [1.165, 1.54) is 32.1 Å². The quantitative estimate of drug-likeness (QED) is 0.887. The van der Waals surface area contributed by atoms with Crippen LogP contribution in [0.1, 0.15) is 50.1 Å². The summed E-state index contributed by atoms with van der Waals surface area (Å²) in [6, 6.07) is 6.04. The zero-order valence-electron chi connectivity index (χ0n) is 11.6. The molecule has 2 atom stereocenters. The van der Waals surface area contributed by atoms with E-state index in [2.05, 4.69) is 0 Å². The molecule has 2 N–H and O–H groups in total. The molecule has 2 aliphatic rings. The summed E-state index contributed by atoms with van der Waals surface area (Å²) in [5.74, 6) is 2.50. The Morgan fingerprint density at radius 1 is 1.21 bits per heavy atom. The van der Waals surface area contributed by atoms with Crippen molar-refractivity contribution in [3.05, 3.63) is 23.8 Å². The van der Waals surface area contributed by atoms with Crippen LogP contribution in [-0.2, 0) is 0 Å². The van der Waals surface area contributed by atoms with Crippen LogP contribution in [0.4, 0.5) is 0 Å². The van der Waals surface area contributed by atoms with Gasteiger partial charge in [0.25, 0.3) is 0 Å². The number of benzene rings is 1. The van der Waals surface area contributed by atoms with Crippen LogP contribution in [0.25, 0.3) is 0 Å². The van der Waals surface area contributed by atoms with Gasteiger partial charge in [-0.3, -0.25) is 0 Å². The Morgan fingerprint density at radius 2 is 2.00 bits per heavy atom. The second-order valence-corrected chi connectivity index (χ2v) is 5.80. The largest absolute Gasteiger partial charge is 0.497 e. The van der Waals surface area contributed by atoms with Gasteiger partial charge in [0.2, 0.25) is 0 Å². The number of nitrogens with two attached hydrogens (primary N) is 1. The molecule has 3 heteroatoms. The van der Waals surface area contributed by atoms with Crippen LogP contribution in [0.5, 0.6) is 11.5 Å². The molecule has 1 unspecified atom stereocenters. The molecule has 0 spiro atoms. The standard InChI is InChI=1S/C16H23NO2/c1-18-12-7-8-15-13(9-12)14(17)10-16(19-15)11-5-3-2-4-6-11/h7-9,11,14,16H,2-6,10,17H2,1H3/t14-,16?/m1/s1. The Labute approximate surface area is 115 Å². The van der Waals surface area contributed by atoms with E-state index in [0.717, 1.165) is 23.5 Å². The van der Waals surface area contributed by atoms with E-state index in [1.54, 1.807) is 7.11 Å². The molecule has 1 aromatic carbocycles. The summed E-state index contributed by atoms with van der Waals surface area (Å²) in [6.07, 6.45) is 7.89. The number of methoxy groups -OCH3 is 1. The van der Waals surface area contributed by atoms with Crippen molar-refractivity contribution in [1.82, 2.24) is 0 Å². The normalized spacial score (nSPS) is 27.5. The highest BCUT2D eigenvalue weighted by atomic mass is 16.5. The molecule has 104 valence electrons. The molecule has 0 saturated heterocycles. The first-order valence-electron chi connectivity index (χ1n) is 7.38. The second-order valence-electron chi connectivity index (χ2n) is 5.80. The lowest BCUT2D eigenvalue weighted by Gasteiger charge is -2.36. The minimum absolute atomic E-state index is 0.0748. The number of hydrogen-bond acceptors (Lipinski definition) is 3. The van der Waals surface area contributed by atoms with E-state index in [1.807, 2.05) is 18.2 Å². The van der Waals surface area contributed by atoms with Gasteiger partial charge in [-0.15, -0.1) is 0 Å². The summed E-state index contributed by atoms with van der Waals surface area (Å²) in [5, 5.41) is 0. The average molecular weight is 261 g/mol. The fourth-order valence-electron chi connectivity index (χ4n) is 3.43. The molecule has 1 aliphatic heterocycles. The lowest BCUT2D eigenvalue weighted by atomic mass is 9.81. The number of ether oxygens (including phenoxy) is 2. The molecule has 19 heavy (non-hydrogen) atoms. The highest BCUT2D eigenvalue weighted by Gasteiger charge is 2.32. The van der Waals surface area contributed by atoms with Crippen molar-refractivity contribution >= 4 is 0 Å². The predicted molar refractivity (Wildman–Crippen MR) is 75.5 cm³/mol. The van der Waals surface area contributed by atoms with Crippen LogP contribution in [-0.4, -0.2) is 13.2 Å². The van der Waals surface area contributed by atoms with Crippen LogP contribution in [0.3, 0.4) is 0 Å². The SMILES string of the molecule is COc1ccc2c(c1)[C@H](N)CC(C1CCCCC1)O2. The topological polar surface area (TPSA) is 44.5 Å². The summed E-state index contributed by atoms with van der Waals surface area (Å²) < 4.78 is 11.5. The molecule has 0 radical (unpaired) electrons. The molecule has 1 aliphatic carbocycles. The summed E-state index contributed by atoms with van der Waals surface area (Å²) in [4.78, 5) is 0. The molecule has 1 saturated carbocycles. The van der Waals surface area contributed by atoms with E-state index < -0.39 is 0 Å². The summed E-state index contributed by atoms with van der Waals surface area (Å²) >= 11 is 0. The molecule has 0 aromatic heterocycles. The van der Waals surface area contributed by atoms with Crippen molar-refractivity contribution in [2.75, 3.05) is 7.11 Å². The Balaban J connectivity index is 1.79. The summed E-state index contributed by atoms with van der Waals surface area (Å²) in [7, 11) is 1.68. The molecule has 3 rings (SSSR count).